The number of piperidine rings is 1. The lowest BCUT2D eigenvalue weighted by Gasteiger charge is -2.34. The molecule has 1 saturated carbocycles. The highest BCUT2D eigenvalue weighted by Crippen LogP contribution is 2.36. The van der Waals surface area contributed by atoms with Gasteiger partial charge in [-0.15, -0.1) is 0 Å². The van der Waals surface area contributed by atoms with Crippen LogP contribution in [0.3, 0.4) is 0 Å². The number of hydrogen-bond donors (Lipinski definition) is 2. The average molecular weight is 531 g/mol. The zero-order valence-electron chi connectivity index (χ0n) is 21.6. The van der Waals surface area contributed by atoms with Gasteiger partial charge >= 0.3 is 12.1 Å². The first-order chi connectivity index (χ1) is 18.2. The summed E-state index contributed by atoms with van der Waals surface area (Å²) < 4.78 is 41.5. The highest BCUT2D eigenvalue weighted by atomic mass is 19.4. The Morgan fingerprint density at radius 3 is 2.45 bits per heavy atom. The number of anilines is 1. The van der Waals surface area contributed by atoms with Gasteiger partial charge in [0.05, 0.1) is 11.6 Å². The Bertz CT molecular complexity index is 1300. The molecule has 1 aromatic carbocycles. The molecule has 2 fully saturated rings. The Balaban J connectivity index is 1.65. The molecule has 3 heterocycles. The van der Waals surface area contributed by atoms with E-state index in [2.05, 4.69) is 34.0 Å². The van der Waals surface area contributed by atoms with Crippen molar-refractivity contribution in [2.24, 2.45) is 5.92 Å². The molecule has 1 aliphatic carbocycles. The van der Waals surface area contributed by atoms with Gasteiger partial charge in [-0.05, 0) is 69.3 Å². The Morgan fingerprint density at radius 1 is 1.11 bits per heavy atom. The van der Waals surface area contributed by atoms with Gasteiger partial charge in [-0.1, -0.05) is 31.9 Å². The fraction of sp³-hybridized carbons (Fsp3) is 0.556. The number of nitrogens with zero attached hydrogens (tertiary/aromatic N) is 5. The molecule has 1 aliphatic heterocycles. The summed E-state index contributed by atoms with van der Waals surface area (Å²) in [6, 6.07) is 5.19. The molecule has 3 aromatic rings. The minimum Gasteiger partial charge on any atom is -0.475 e. The van der Waals surface area contributed by atoms with Gasteiger partial charge in [0.1, 0.15) is 11.3 Å². The van der Waals surface area contributed by atoms with Gasteiger partial charge in [-0.2, -0.15) is 13.2 Å². The SMILES string of the molecule is CCN1CCCCC1c1nc2nc(C(=O)O)nc(N[C@H](C)C3CCC3)c2n1Cc1ccc(C(F)(F)F)cc1. The van der Waals surface area contributed by atoms with E-state index in [0.717, 1.165) is 63.2 Å². The highest BCUT2D eigenvalue weighted by Gasteiger charge is 2.32. The molecular weight excluding hydrogens is 497 g/mol. The molecule has 8 nitrogen and oxygen atoms in total. The van der Waals surface area contributed by atoms with Crippen LogP contribution in [-0.2, 0) is 12.7 Å². The van der Waals surface area contributed by atoms with Crippen molar-refractivity contribution < 1.29 is 23.1 Å². The van der Waals surface area contributed by atoms with E-state index in [1.54, 1.807) is 0 Å². The number of nitrogens with one attached hydrogen (secondary N) is 1. The lowest BCUT2D eigenvalue weighted by Crippen LogP contribution is -2.35. The molecule has 38 heavy (non-hydrogen) atoms. The Labute approximate surface area is 219 Å². The summed E-state index contributed by atoms with van der Waals surface area (Å²) in [7, 11) is 0. The average Bonchev–Trinajstić information content (AvgIpc) is 3.20. The number of imidazole rings is 1. The third-order valence-electron chi connectivity index (χ3n) is 7.98. The Morgan fingerprint density at radius 2 is 1.84 bits per heavy atom. The van der Waals surface area contributed by atoms with E-state index < -0.39 is 17.7 Å². The van der Waals surface area contributed by atoms with Crippen LogP contribution in [0.25, 0.3) is 11.2 Å². The second-order valence-corrected chi connectivity index (χ2v) is 10.4. The van der Waals surface area contributed by atoms with Gasteiger partial charge in [-0.25, -0.2) is 19.7 Å². The lowest BCUT2D eigenvalue weighted by atomic mass is 9.80. The van der Waals surface area contributed by atoms with Gasteiger partial charge in [0.15, 0.2) is 11.5 Å². The van der Waals surface area contributed by atoms with Crippen molar-refractivity contribution in [3.05, 3.63) is 47.0 Å². The molecule has 204 valence electrons. The zero-order chi connectivity index (χ0) is 27.0. The maximum Gasteiger partial charge on any atom is 0.416 e. The molecule has 5 rings (SSSR count). The molecule has 1 saturated heterocycles. The predicted octanol–water partition coefficient (Wildman–Crippen LogP) is 5.74. The summed E-state index contributed by atoms with van der Waals surface area (Å²) in [5.74, 6) is 0.0300. The van der Waals surface area contributed by atoms with Crippen molar-refractivity contribution in [3.63, 3.8) is 0 Å². The van der Waals surface area contributed by atoms with Crippen molar-refractivity contribution >= 4 is 23.0 Å². The van der Waals surface area contributed by atoms with Crippen molar-refractivity contribution in [2.75, 3.05) is 18.4 Å². The topological polar surface area (TPSA) is 96.2 Å². The molecule has 1 unspecified atom stereocenters. The molecule has 2 N–H and O–H groups in total. The smallest absolute Gasteiger partial charge is 0.416 e. The van der Waals surface area contributed by atoms with Crippen LogP contribution in [0.1, 0.15) is 86.0 Å². The number of fused-ring (bicyclic) bond motifs is 1. The van der Waals surface area contributed by atoms with Crippen LogP contribution in [0.5, 0.6) is 0 Å². The maximum atomic E-state index is 13.2. The number of alkyl halides is 3. The number of carbonyl (C=O) groups is 1. The molecule has 2 aromatic heterocycles. The number of carboxylic acid groups (broad SMARTS) is 1. The van der Waals surface area contributed by atoms with E-state index in [1.165, 1.54) is 18.6 Å². The lowest BCUT2D eigenvalue weighted by molar-refractivity contribution is -0.137. The monoisotopic (exact) mass is 530 g/mol. The van der Waals surface area contributed by atoms with Crippen molar-refractivity contribution in [1.29, 1.82) is 0 Å². The number of aromatic nitrogens is 4. The van der Waals surface area contributed by atoms with Gasteiger partial charge in [-0.3, -0.25) is 4.90 Å². The first-order valence-electron chi connectivity index (χ1n) is 13.3. The van der Waals surface area contributed by atoms with Gasteiger partial charge < -0.3 is 15.0 Å². The third kappa shape index (κ3) is 5.21. The van der Waals surface area contributed by atoms with Crippen LogP contribution in [0.15, 0.2) is 24.3 Å². The van der Waals surface area contributed by atoms with E-state index in [9.17, 15) is 23.1 Å². The second kappa shape index (κ2) is 10.5. The van der Waals surface area contributed by atoms with E-state index >= 15 is 0 Å². The van der Waals surface area contributed by atoms with Gasteiger partial charge in [0.2, 0.25) is 5.82 Å². The van der Waals surface area contributed by atoms with Crippen molar-refractivity contribution in [1.82, 2.24) is 24.4 Å². The number of benzene rings is 1. The quantitative estimate of drug-likeness (QED) is 0.383. The predicted molar refractivity (Wildman–Crippen MR) is 137 cm³/mol. The van der Waals surface area contributed by atoms with E-state index in [0.29, 0.717) is 22.8 Å². The number of halogens is 3. The maximum absolute atomic E-state index is 13.2. The number of hydrogen-bond acceptors (Lipinski definition) is 6. The minimum atomic E-state index is -4.41. The third-order valence-corrected chi connectivity index (χ3v) is 7.98. The molecule has 0 spiro atoms. The molecular formula is C27H33F3N6O2. The molecule has 11 heteroatoms. The summed E-state index contributed by atoms with van der Waals surface area (Å²) in [6.07, 6.45) is 1.94. The van der Waals surface area contributed by atoms with Crippen molar-refractivity contribution in [2.45, 2.75) is 77.2 Å². The highest BCUT2D eigenvalue weighted by molar-refractivity contribution is 5.90. The van der Waals surface area contributed by atoms with Gasteiger partial charge in [0.25, 0.3) is 0 Å². The van der Waals surface area contributed by atoms with Crippen LogP contribution in [0.4, 0.5) is 19.0 Å². The largest absolute Gasteiger partial charge is 0.475 e. The van der Waals surface area contributed by atoms with E-state index in [4.69, 9.17) is 4.98 Å². The van der Waals surface area contributed by atoms with Crippen LogP contribution in [0.2, 0.25) is 0 Å². The Hall–Kier alpha value is -3.21. The number of rotatable bonds is 8. The van der Waals surface area contributed by atoms with Crippen LogP contribution in [-0.4, -0.2) is 54.6 Å². The zero-order valence-corrected chi connectivity index (χ0v) is 21.6. The summed E-state index contributed by atoms with van der Waals surface area (Å²) in [6.45, 7) is 6.16. The molecule has 0 bridgehead atoms. The van der Waals surface area contributed by atoms with Crippen LogP contribution >= 0.6 is 0 Å². The van der Waals surface area contributed by atoms with Gasteiger partial charge in [0, 0.05) is 12.6 Å². The summed E-state index contributed by atoms with van der Waals surface area (Å²) in [5, 5.41) is 13.2. The standard InChI is InChI=1S/C27H33F3N6O2/c1-3-35-14-5-4-9-20(35)25-34-23-21(36(25)15-17-10-12-19(13-11-17)27(28,29)30)22(32-24(33-23)26(37)38)31-16(2)18-7-6-8-18/h10-13,16,18,20H,3-9,14-15H2,1-2H3,(H,37,38)(H,31,32,33)/t16-,20?/m1/s1. The molecule has 2 atom stereocenters. The normalized spacial score (nSPS) is 19.9. The van der Waals surface area contributed by atoms with Crippen LogP contribution < -0.4 is 5.32 Å². The fourth-order valence-electron chi connectivity index (χ4n) is 5.58. The molecule has 2 aliphatic rings. The Kier molecular flexibility index (Phi) is 7.30. The summed E-state index contributed by atoms with van der Waals surface area (Å²) in [5.41, 5.74) is 0.840. The number of likely N-dealkylation sites (tertiary alicyclic amines) is 1. The fourth-order valence-corrected chi connectivity index (χ4v) is 5.58. The summed E-state index contributed by atoms with van der Waals surface area (Å²) in [4.78, 5) is 27.8. The van der Waals surface area contributed by atoms with Crippen LogP contribution in [0, 0.1) is 5.92 Å². The molecule has 0 amide bonds. The van der Waals surface area contributed by atoms with Crippen molar-refractivity contribution in [3.8, 4) is 0 Å². The first kappa shape index (κ1) is 26.4. The number of aromatic carboxylic acids is 1. The minimum absolute atomic E-state index is 0.0115. The number of carboxylic acids is 1. The molecule has 0 radical (unpaired) electrons. The summed E-state index contributed by atoms with van der Waals surface area (Å²) >= 11 is 0. The van der Waals surface area contributed by atoms with E-state index in [-0.39, 0.29) is 30.1 Å². The second-order valence-electron chi connectivity index (χ2n) is 10.4. The first-order valence-corrected chi connectivity index (χ1v) is 13.3. The van der Waals surface area contributed by atoms with E-state index in [1.807, 2.05) is 4.57 Å².